The van der Waals surface area contributed by atoms with E-state index < -0.39 is 5.82 Å². The number of rotatable bonds is 3. The SMILES string of the molecule is O=C(NCC1CCC(Br)CC1)c1ccc(Br)c(F)c1. The van der Waals surface area contributed by atoms with E-state index >= 15 is 0 Å². The number of benzene rings is 1. The van der Waals surface area contributed by atoms with Gasteiger partial charge in [-0.05, 0) is 65.7 Å². The molecule has 1 N–H and O–H groups in total. The third-order valence-electron chi connectivity index (χ3n) is 3.51. The van der Waals surface area contributed by atoms with Crippen LogP contribution in [0, 0.1) is 11.7 Å². The van der Waals surface area contributed by atoms with Crippen LogP contribution in [0.25, 0.3) is 0 Å². The van der Waals surface area contributed by atoms with Gasteiger partial charge in [-0.25, -0.2) is 4.39 Å². The molecule has 1 aromatic rings. The highest BCUT2D eigenvalue weighted by Gasteiger charge is 2.19. The molecule has 19 heavy (non-hydrogen) atoms. The normalized spacial score (nSPS) is 23.1. The number of hydrogen-bond acceptors (Lipinski definition) is 1. The standard InChI is InChI=1S/C14H16Br2FNO/c15-11-4-1-9(2-5-11)8-18-14(19)10-3-6-12(16)13(17)7-10/h3,6-7,9,11H,1-2,4-5,8H2,(H,18,19). The average molecular weight is 393 g/mol. The molecule has 1 saturated carbocycles. The maximum absolute atomic E-state index is 13.3. The van der Waals surface area contributed by atoms with Crippen LogP contribution in [-0.2, 0) is 0 Å². The van der Waals surface area contributed by atoms with Crippen molar-refractivity contribution in [3.05, 3.63) is 34.1 Å². The molecule has 0 aliphatic heterocycles. The topological polar surface area (TPSA) is 29.1 Å². The molecule has 1 aliphatic carbocycles. The van der Waals surface area contributed by atoms with Crippen molar-refractivity contribution in [1.82, 2.24) is 5.32 Å². The molecule has 0 aromatic heterocycles. The van der Waals surface area contributed by atoms with E-state index in [1.807, 2.05) is 0 Å². The fraction of sp³-hybridized carbons (Fsp3) is 0.500. The predicted octanol–water partition coefficient (Wildman–Crippen LogP) is 4.27. The second-order valence-electron chi connectivity index (χ2n) is 4.96. The van der Waals surface area contributed by atoms with Crippen LogP contribution in [0.5, 0.6) is 0 Å². The van der Waals surface area contributed by atoms with Crippen LogP contribution in [-0.4, -0.2) is 17.3 Å². The lowest BCUT2D eigenvalue weighted by Gasteiger charge is -2.25. The van der Waals surface area contributed by atoms with Crippen LogP contribution in [0.4, 0.5) is 4.39 Å². The Balaban J connectivity index is 1.85. The van der Waals surface area contributed by atoms with Gasteiger partial charge in [0.05, 0.1) is 4.47 Å². The third kappa shape index (κ3) is 4.28. The summed E-state index contributed by atoms with van der Waals surface area (Å²) in [7, 11) is 0. The summed E-state index contributed by atoms with van der Waals surface area (Å²) in [5, 5.41) is 2.89. The molecular weight excluding hydrogens is 377 g/mol. The van der Waals surface area contributed by atoms with Crippen molar-refractivity contribution in [1.29, 1.82) is 0 Å². The summed E-state index contributed by atoms with van der Waals surface area (Å²) in [5.74, 6) is -0.0714. The van der Waals surface area contributed by atoms with E-state index in [-0.39, 0.29) is 5.91 Å². The van der Waals surface area contributed by atoms with Gasteiger partial charge in [0, 0.05) is 16.9 Å². The van der Waals surface area contributed by atoms with Crippen LogP contribution in [0.1, 0.15) is 36.0 Å². The summed E-state index contributed by atoms with van der Waals surface area (Å²) in [4.78, 5) is 12.5. The van der Waals surface area contributed by atoms with E-state index in [0.29, 0.717) is 27.3 Å². The quantitative estimate of drug-likeness (QED) is 0.764. The summed E-state index contributed by atoms with van der Waals surface area (Å²) >= 11 is 6.69. The highest BCUT2D eigenvalue weighted by atomic mass is 79.9. The van der Waals surface area contributed by atoms with E-state index in [1.54, 1.807) is 12.1 Å². The summed E-state index contributed by atoms with van der Waals surface area (Å²) < 4.78 is 13.7. The van der Waals surface area contributed by atoms with Gasteiger partial charge < -0.3 is 5.32 Å². The van der Waals surface area contributed by atoms with Crippen LogP contribution < -0.4 is 5.32 Å². The molecule has 0 bridgehead atoms. The van der Waals surface area contributed by atoms with Crippen molar-refractivity contribution >= 4 is 37.8 Å². The van der Waals surface area contributed by atoms with E-state index in [0.717, 1.165) is 25.7 Å². The minimum atomic E-state index is -0.410. The number of nitrogens with one attached hydrogen (secondary N) is 1. The van der Waals surface area contributed by atoms with Gasteiger partial charge in [-0.2, -0.15) is 0 Å². The van der Waals surface area contributed by atoms with Gasteiger partial charge in [0.1, 0.15) is 5.82 Å². The molecule has 0 unspecified atom stereocenters. The van der Waals surface area contributed by atoms with Gasteiger partial charge in [0.25, 0.3) is 5.91 Å². The zero-order valence-corrected chi connectivity index (χ0v) is 13.6. The number of carbonyl (C=O) groups excluding carboxylic acids is 1. The first-order chi connectivity index (χ1) is 9.06. The predicted molar refractivity (Wildman–Crippen MR) is 81.1 cm³/mol. The third-order valence-corrected chi connectivity index (χ3v) is 5.07. The van der Waals surface area contributed by atoms with Gasteiger partial charge in [-0.1, -0.05) is 15.9 Å². The molecule has 0 atom stereocenters. The highest BCUT2D eigenvalue weighted by Crippen LogP contribution is 2.28. The van der Waals surface area contributed by atoms with Gasteiger partial charge in [0.2, 0.25) is 0 Å². The lowest BCUT2D eigenvalue weighted by atomic mass is 9.89. The molecule has 1 fully saturated rings. The fourth-order valence-electron chi connectivity index (χ4n) is 2.30. The van der Waals surface area contributed by atoms with Gasteiger partial charge in [0.15, 0.2) is 0 Å². The summed E-state index contributed by atoms with van der Waals surface area (Å²) in [5.41, 5.74) is 0.370. The fourth-order valence-corrected chi connectivity index (χ4v) is 3.08. The van der Waals surface area contributed by atoms with Gasteiger partial charge in [-0.3, -0.25) is 4.79 Å². The maximum atomic E-state index is 13.3. The molecule has 5 heteroatoms. The molecule has 0 heterocycles. The molecule has 0 spiro atoms. The number of carbonyl (C=O) groups is 1. The Labute approximate surface area is 129 Å². The summed E-state index contributed by atoms with van der Waals surface area (Å²) in [6.45, 7) is 0.677. The molecule has 2 rings (SSSR count). The molecule has 2 nitrogen and oxygen atoms in total. The number of halogens is 3. The van der Waals surface area contributed by atoms with Crippen LogP contribution >= 0.6 is 31.9 Å². The Bertz CT molecular complexity index is 459. The van der Waals surface area contributed by atoms with E-state index in [9.17, 15) is 9.18 Å². The monoisotopic (exact) mass is 391 g/mol. The molecule has 104 valence electrons. The largest absolute Gasteiger partial charge is 0.352 e. The van der Waals surface area contributed by atoms with Gasteiger partial charge in [-0.15, -0.1) is 0 Å². The molecule has 0 saturated heterocycles. The summed E-state index contributed by atoms with van der Waals surface area (Å²) in [6.07, 6.45) is 4.58. The van der Waals surface area contributed by atoms with Crippen LogP contribution in [0.15, 0.2) is 22.7 Å². The first kappa shape index (κ1) is 15.0. The average Bonchev–Trinajstić information content (AvgIpc) is 2.41. The Hall–Kier alpha value is -0.420. The minimum Gasteiger partial charge on any atom is -0.352 e. The zero-order valence-electron chi connectivity index (χ0n) is 10.5. The second kappa shape index (κ2) is 6.84. The molecular formula is C14H16Br2FNO. The lowest BCUT2D eigenvalue weighted by molar-refractivity contribution is 0.0943. The van der Waals surface area contributed by atoms with Crippen molar-refractivity contribution in [3.63, 3.8) is 0 Å². The number of hydrogen-bond donors (Lipinski definition) is 1. The van der Waals surface area contributed by atoms with E-state index in [2.05, 4.69) is 37.2 Å². The molecule has 1 aromatic carbocycles. The van der Waals surface area contributed by atoms with Crippen molar-refractivity contribution < 1.29 is 9.18 Å². The number of alkyl halides is 1. The first-order valence-corrected chi connectivity index (χ1v) is 8.14. The molecule has 0 radical (unpaired) electrons. The van der Waals surface area contributed by atoms with E-state index in [1.165, 1.54) is 6.07 Å². The van der Waals surface area contributed by atoms with Crippen molar-refractivity contribution in [2.24, 2.45) is 5.92 Å². The Morgan fingerprint density at radius 1 is 1.32 bits per heavy atom. The smallest absolute Gasteiger partial charge is 0.251 e. The summed E-state index contributed by atoms with van der Waals surface area (Å²) in [6, 6.07) is 4.44. The lowest BCUT2D eigenvalue weighted by Crippen LogP contribution is -2.31. The molecule has 1 amide bonds. The van der Waals surface area contributed by atoms with Crippen LogP contribution in [0.3, 0.4) is 0 Å². The minimum absolute atomic E-state index is 0.202. The van der Waals surface area contributed by atoms with Crippen molar-refractivity contribution in [2.45, 2.75) is 30.5 Å². The van der Waals surface area contributed by atoms with E-state index in [4.69, 9.17) is 0 Å². The molecule has 1 aliphatic rings. The maximum Gasteiger partial charge on any atom is 0.251 e. The Morgan fingerprint density at radius 2 is 2.00 bits per heavy atom. The Kier molecular flexibility index (Phi) is 5.39. The Morgan fingerprint density at radius 3 is 2.63 bits per heavy atom. The second-order valence-corrected chi connectivity index (χ2v) is 7.11. The first-order valence-electron chi connectivity index (χ1n) is 6.43. The zero-order chi connectivity index (χ0) is 13.8. The highest BCUT2D eigenvalue weighted by molar-refractivity contribution is 9.10. The number of amides is 1. The van der Waals surface area contributed by atoms with Crippen molar-refractivity contribution in [3.8, 4) is 0 Å². The van der Waals surface area contributed by atoms with Gasteiger partial charge >= 0.3 is 0 Å². The van der Waals surface area contributed by atoms with Crippen LogP contribution in [0.2, 0.25) is 0 Å². The van der Waals surface area contributed by atoms with Crippen molar-refractivity contribution in [2.75, 3.05) is 6.54 Å².